The Hall–Kier alpha value is -2.58. The van der Waals surface area contributed by atoms with Gasteiger partial charge in [-0.05, 0) is 18.2 Å². The maximum Gasteiger partial charge on any atom is 0.294 e. The molecule has 0 bridgehead atoms. The van der Waals surface area contributed by atoms with E-state index in [1.54, 1.807) is 42.3 Å². The fourth-order valence-corrected chi connectivity index (χ4v) is 2.26. The van der Waals surface area contributed by atoms with Crippen molar-refractivity contribution in [2.24, 2.45) is 0 Å². The van der Waals surface area contributed by atoms with E-state index < -0.39 is 4.92 Å². The lowest BCUT2D eigenvalue weighted by molar-refractivity contribution is -0.384. The van der Waals surface area contributed by atoms with Crippen LogP contribution in [0.5, 0.6) is 0 Å². The summed E-state index contributed by atoms with van der Waals surface area (Å²) < 4.78 is 0. The van der Waals surface area contributed by atoms with Crippen LogP contribution in [0.25, 0.3) is 0 Å². The Labute approximate surface area is 120 Å². The summed E-state index contributed by atoms with van der Waals surface area (Å²) in [4.78, 5) is 12.2. The molecule has 2 rings (SSSR count). The summed E-state index contributed by atoms with van der Waals surface area (Å²) in [6.07, 6.45) is 0. The third-order valence-electron chi connectivity index (χ3n) is 2.88. The van der Waals surface area contributed by atoms with Gasteiger partial charge in [0.1, 0.15) is 11.8 Å². The van der Waals surface area contributed by atoms with Gasteiger partial charge >= 0.3 is 0 Å². The van der Waals surface area contributed by atoms with Crippen molar-refractivity contribution in [3.63, 3.8) is 0 Å². The lowest BCUT2D eigenvalue weighted by atomic mass is 10.1. The Balaban J connectivity index is 2.63. The molecule has 0 atom stereocenters. The molecule has 0 saturated carbocycles. The predicted octanol–water partition coefficient (Wildman–Crippen LogP) is 3.89. The lowest BCUT2D eigenvalue weighted by Gasteiger charge is -2.21. The van der Waals surface area contributed by atoms with Crippen LogP contribution in [0.1, 0.15) is 5.56 Å². The Morgan fingerprint density at radius 3 is 2.60 bits per heavy atom. The average molecular weight is 288 g/mol. The van der Waals surface area contributed by atoms with Crippen molar-refractivity contribution in [3.8, 4) is 6.07 Å². The largest absolute Gasteiger partial charge is 0.337 e. The monoisotopic (exact) mass is 287 g/mol. The minimum Gasteiger partial charge on any atom is -0.337 e. The summed E-state index contributed by atoms with van der Waals surface area (Å²) in [5.41, 5.74) is 1.14. The molecule has 0 amide bonds. The number of hydrogen-bond donors (Lipinski definition) is 0. The summed E-state index contributed by atoms with van der Waals surface area (Å²) in [7, 11) is 1.64. The average Bonchev–Trinajstić information content (AvgIpc) is 2.46. The molecule has 0 fully saturated rings. The summed E-state index contributed by atoms with van der Waals surface area (Å²) in [5.74, 6) is 0. The van der Waals surface area contributed by atoms with Crippen LogP contribution < -0.4 is 4.90 Å². The fourth-order valence-electron chi connectivity index (χ4n) is 1.96. The van der Waals surface area contributed by atoms with Gasteiger partial charge in [-0.1, -0.05) is 29.8 Å². The number of nitriles is 1. The van der Waals surface area contributed by atoms with Crippen molar-refractivity contribution < 1.29 is 4.92 Å². The molecule has 0 aromatic heterocycles. The number of anilines is 2. The van der Waals surface area contributed by atoms with Crippen molar-refractivity contribution in [1.29, 1.82) is 5.26 Å². The molecule has 0 radical (unpaired) electrons. The van der Waals surface area contributed by atoms with Gasteiger partial charge in [-0.2, -0.15) is 5.26 Å². The second-order valence-electron chi connectivity index (χ2n) is 4.05. The highest BCUT2D eigenvalue weighted by molar-refractivity contribution is 6.34. The molecule has 20 heavy (non-hydrogen) atoms. The molecule has 0 unspecified atom stereocenters. The van der Waals surface area contributed by atoms with Gasteiger partial charge in [0.25, 0.3) is 5.69 Å². The van der Waals surface area contributed by atoms with Gasteiger partial charge in [-0.25, -0.2) is 0 Å². The highest BCUT2D eigenvalue weighted by Crippen LogP contribution is 2.39. The van der Waals surface area contributed by atoms with Crippen LogP contribution in [0.3, 0.4) is 0 Å². The first-order valence-electron chi connectivity index (χ1n) is 5.72. The number of rotatable bonds is 3. The Kier molecular flexibility index (Phi) is 3.87. The van der Waals surface area contributed by atoms with Crippen molar-refractivity contribution in [3.05, 3.63) is 63.2 Å². The van der Waals surface area contributed by atoms with E-state index in [4.69, 9.17) is 16.9 Å². The number of nitrogens with zero attached hydrogens (tertiary/aromatic N) is 3. The number of nitro groups is 1. The van der Waals surface area contributed by atoms with Crippen molar-refractivity contribution in [2.45, 2.75) is 0 Å². The lowest BCUT2D eigenvalue weighted by Crippen LogP contribution is -2.13. The molecule has 0 N–H and O–H groups in total. The first kappa shape index (κ1) is 13.8. The van der Waals surface area contributed by atoms with Gasteiger partial charge in [-0.15, -0.1) is 0 Å². The Morgan fingerprint density at radius 2 is 1.95 bits per heavy atom. The van der Waals surface area contributed by atoms with Crippen LogP contribution >= 0.6 is 11.6 Å². The zero-order chi connectivity index (χ0) is 14.7. The minimum atomic E-state index is -0.493. The Bertz CT molecular complexity index is 710. The summed E-state index contributed by atoms with van der Waals surface area (Å²) in [5, 5.41) is 20.5. The van der Waals surface area contributed by atoms with Crippen LogP contribution in [-0.2, 0) is 0 Å². The van der Waals surface area contributed by atoms with Gasteiger partial charge < -0.3 is 4.90 Å². The van der Waals surface area contributed by atoms with Crippen LogP contribution in [0, 0.1) is 21.4 Å². The van der Waals surface area contributed by atoms with Gasteiger partial charge in [-0.3, -0.25) is 10.1 Å². The maximum atomic E-state index is 11.1. The molecule has 2 aromatic rings. The molecule has 6 heteroatoms. The van der Waals surface area contributed by atoms with Gasteiger partial charge in [0.05, 0.1) is 21.2 Å². The fraction of sp³-hybridized carbons (Fsp3) is 0.0714. The van der Waals surface area contributed by atoms with Crippen molar-refractivity contribution in [2.75, 3.05) is 11.9 Å². The first-order chi connectivity index (χ1) is 9.56. The molecule has 0 spiro atoms. The molecular weight excluding hydrogens is 278 g/mol. The van der Waals surface area contributed by atoms with Crippen LogP contribution in [0.4, 0.5) is 17.1 Å². The molecule has 0 aliphatic carbocycles. The molecule has 0 aliphatic heterocycles. The van der Waals surface area contributed by atoms with E-state index in [-0.39, 0.29) is 16.4 Å². The van der Waals surface area contributed by atoms with E-state index >= 15 is 0 Å². The van der Waals surface area contributed by atoms with Crippen LogP contribution in [0.2, 0.25) is 5.02 Å². The maximum absolute atomic E-state index is 11.1. The zero-order valence-corrected chi connectivity index (χ0v) is 11.3. The number of nitro benzene ring substituents is 1. The van der Waals surface area contributed by atoms with E-state index in [9.17, 15) is 10.1 Å². The molecule has 2 aromatic carbocycles. The second-order valence-corrected chi connectivity index (χ2v) is 4.46. The highest BCUT2D eigenvalue weighted by atomic mass is 35.5. The normalized spacial score (nSPS) is 9.85. The topological polar surface area (TPSA) is 70.2 Å². The molecule has 0 heterocycles. The van der Waals surface area contributed by atoms with Crippen molar-refractivity contribution in [1.82, 2.24) is 0 Å². The first-order valence-corrected chi connectivity index (χ1v) is 6.10. The predicted molar refractivity (Wildman–Crippen MR) is 77.3 cm³/mol. The van der Waals surface area contributed by atoms with Gasteiger partial charge in [0, 0.05) is 13.1 Å². The third kappa shape index (κ3) is 2.42. The molecule has 100 valence electrons. The number of hydrogen-bond acceptors (Lipinski definition) is 4. The van der Waals surface area contributed by atoms with E-state index in [0.29, 0.717) is 11.3 Å². The number of para-hydroxylation sites is 2. The Morgan fingerprint density at radius 1 is 1.25 bits per heavy atom. The van der Waals surface area contributed by atoms with E-state index in [1.807, 2.05) is 0 Å². The standard InChI is InChI=1S/C14H10ClN3O2/c1-17(12-7-3-2-5-10(12)9-16)14-11(15)6-4-8-13(14)18(19)20/h2-8H,1H3. The van der Waals surface area contributed by atoms with Crippen LogP contribution in [-0.4, -0.2) is 12.0 Å². The highest BCUT2D eigenvalue weighted by Gasteiger charge is 2.22. The van der Waals surface area contributed by atoms with Crippen LogP contribution in [0.15, 0.2) is 42.5 Å². The molecule has 5 nitrogen and oxygen atoms in total. The molecular formula is C14H10ClN3O2. The molecule has 0 saturated heterocycles. The number of halogens is 1. The van der Waals surface area contributed by atoms with Crippen molar-refractivity contribution >= 4 is 28.7 Å². The summed E-state index contributed by atoms with van der Waals surface area (Å²) in [6.45, 7) is 0. The minimum absolute atomic E-state index is 0.104. The molecule has 0 aliphatic rings. The van der Waals surface area contributed by atoms with E-state index in [2.05, 4.69) is 6.07 Å². The van der Waals surface area contributed by atoms with E-state index in [0.717, 1.165) is 0 Å². The quantitative estimate of drug-likeness (QED) is 0.634. The van der Waals surface area contributed by atoms with Gasteiger partial charge in [0.15, 0.2) is 0 Å². The third-order valence-corrected chi connectivity index (χ3v) is 3.19. The summed E-state index contributed by atoms with van der Waals surface area (Å²) >= 11 is 6.08. The van der Waals surface area contributed by atoms with E-state index in [1.165, 1.54) is 12.1 Å². The van der Waals surface area contributed by atoms with Gasteiger partial charge in [0.2, 0.25) is 0 Å². The number of benzene rings is 2. The second kappa shape index (κ2) is 5.59. The zero-order valence-electron chi connectivity index (χ0n) is 10.6. The smallest absolute Gasteiger partial charge is 0.294 e. The summed E-state index contributed by atoms with van der Waals surface area (Å²) in [6, 6.07) is 13.4. The SMILES string of the molecule is CN(c1ccccc1C#N)c1c(Cl)cccc1[N+](=O)[O-].